The summed E-state index contributed by atoms with van der Waals surface area (Å²) in [4.78, 5) is 38.3. The number of carbonyl (C=O) groups is 3. The third kappa shape index (κ3) is 64.8. The number of rotatable bonds is 60. The Morgan fingerprint density at radius 3 is 0.797 bits per heavy atom. The van der Waals surface area contributed by atoms with Crippen molar-refractivity contribution in [1.29, 1.82) is 0 Å². The quantitative estimate of drug-likeness (QED) is 0.0261. The minimum atomic E-state index is -0.795. The first kappa shape index (κ1) is 75.1. The van der Waals surface area contributed by atoms with Crippen LogP contribution in [0.2, 0.25) is 0 Å². The summed E-state index contributed by atoms with van der Waals surface area (Å²) < 4.78 is 16.9. The molecule has 1 atom stereocenters. The molecule has 0 rings (SSSR count). The molecule has 0 aliphatic carbocycles. The number of allylic oxidation sites excluding steroid dienone is 18. The summed E-state index contributed by atoms with van der Waals surface area (Å²) in [6, 6.07) is 0. The summed E-state index contributed by atoms with van der Waals surface area (Å²) in [6.07, 6.45) is 91.1. The van der Waals surface area contributed by atoms with Crippen LogP contribution in [0.25, 0.3) is 0 Å². The second-order valence-corrected chi connectivity index (χ2v) is 22.0. The Morgan fingerprint density at radius 2 is 0.494 bits per heavy atom. The van der Waals surface area contributed by atoms with E-state index in [-0.39, 0.29) is 31.1 Å². The molecule has 0 aromatic heterocycles. The molecule has 0 amide bonds. The normalized spacial score (nSPS) is 12.8. The minimum absolute atomic E-state index is 0.0895. The smallest absolute Gasteiger partial charge is 0.306 e. The fourth-order valence-corrected chi connectivity index (χ4v) is 9.30. The molecule has 0 heterocycles. The van der Waals surface area contributed by atoms with Crippen molar-refractivity contribution in [3.05, 3.63) is 109 Å². The summed E-state index contributed by atoms with van der Waals surface area (Å²) in [7, 11) is 0. The van der Waals surface area contributed by atoms with E-state index in [0.29, 0.717) is 19.3 Å². The lowest BCUT2D eigenvalue weighted by Gasteiger charge is -2.18. The molecule has 0 radical (unpaired) electrons. The lowest BCUT2D eigenvalue weighted by atomic mass is 10.0. The predicted molar refractivity (Wildman–Crippen MR) is 343 cm³/mol. The molecule has 0 saturated carbocycles. The maximum atomic E-state index is 12.9. The largest absolute Gasteiger partial charge is 0.462 e. The fourth-order valence-electron chi connectivity index (χ4n) is 9.30. The lowest BCUT2D eigenvalue weighted by Crippen LogP contribution is -2.30. The third-order valence-electron chi connectivity index (χ3n) is 14.2. The molecule has 0 saturated heterocycles. The van der Waals surface area contributed by atoms with Gasteiger partial charge in [0.1, 0.15) is 13.2 Å². The second kappa shape index (κ2) is 66.6. The zero-order valence-corrected chi connectivity index (χ0v) is 51.9. The van der Waals surface area contributed by atoms with Gasteiger partial charge < -0.3 is 14.2 Å². The molecule has 0 aliphatic heterocycles. The molecule has 0 bridgehead atoms. The SMILES string of the molecule is CC/C=C\C/C=C\C/C=C\C/C=C\C/C=C\CCCCCCCCCCCCCC(=O)OCC(COC(=O)CCCCC/C=C\C/C=C\C/C=C\CC)OC(=O)CCCCCCCCCCC/C=C\CCCCCCCCCC. The molecule has 0 fully saturated rings. The standard InChI is InChI=1S/C73H124O6/c1-4-7-10-13-16-19-22-25-27-29-31-33-34-35-36-37-38-40-41-43-45-48-51-54-57-60-63-66-72(75)78-69-70(68-77-71(74)65-62-59-56-53-50-47-24-21-18-15-12-9-6-3)79-73(76)67-64-61-58-55-52-49-46-44-42-39-32-30-28-26-23-20-17-14-11-8-5-2/h7,9-10,12,16,18-19,21,25,27,30-33,35-36,47,50,70H,4-6,8,11,13-15,17,20,22-24,26,28-29,34,37-46,48-49,51-69H2,1-3H3/b10-7-,12-9-,19-16-,21-18-,27-25-,32-30-,33-31-,36-35-,50-47-. The predicted octanol–water partition coefficient (Wildman–Crippen LogP) is 23.0. The van der Waals surface area contributed by atoms with Crippen LogP contribution in [0.1, 0.15) is 316 Å². The van der Waals surface area contributed by atoms with Gasteiger partial charge in [-0.05, 0) is 122 Å². The summed E-state index contributed by atoms with van der Waals surface area (Å²) in [5, 5.41) is 0. The van der Waals surface area contributed by atoms with E-state index in [1.165, 1.54) is 161 Å². The highest BCUT2D eigenvalue weighted by molar-refractivity contribution is 5.71. The zero-order chi connectivity index (χ0) is 57.1. The number of ether oxygens (including phenoxy) is 3. The maximum Gasteiger partial charge on any atom is 0.306 e. The first-order valence-corrected chi connectivity index (χ1v) is 33.4. The topological polar surface area (TPSA) is 78.9 Å². The Labute approximate surface area is 489 Å². The van der Waals surface area contributed by atoms with Gasteiger partial charge in [0.2, 0.25) is 0 Å². The third-order valence-corrected chi connectivity index (χ3v) is 14.2. The first-order chi connectivity index (χ1) is 39.0. The molecule has 6 nitrogen and oxygen atoms in total. The van der Waals surface area contributed by atoms with Gasteiger partial charge in [-0.3, -0.25) is 14.4 Å². The Balaban J connectivity index is 4.32. The highest BCUT2D eigenvalue weighted by Gasteiger charge is 2.19. The van der Waals surface area contributed by atoms with E-state index in [9.17, 15) is 14.4 Å². The van der Waals surface area contributed by atoms with Crippen LogP contribution in [-0.4, -0.2) is 37.2 Å². The number of esters is 3. The molecule has 0 aromatic carbocycles. The summed E-state index contributed by atoms with van der Waals surface area (Å²) in [5.41, 5.74) is 0. The van der Waals surface area contributed by atoms with E-state index < -0.39 is 6.10 Å². The van der Waals surface area contributed by atoms with Crippen LogP contribution in [0.5, 0.6) is 0 Å². The van der Waals surface area contributed by atoms with Crippen molar-refractivity contribution in [3.8, 4) is 0 Å². The van der Waals surface area contributed by atoms with E-state index in [1.54, 1.807) is 0 Å². The number of hydrogen-bond donors (Lipinski definition) is 0. The van der Waals surface area contributed by atoms with Gasteiger partial charge in [-0.15, -0.1) is 0 Å². The molecule has 1 unspecified atom stereocenters. The van der Waals surface area contributed by atoms with Gasteiger partial charge in [-0.2, -0.15) is 0 Å². The highest BCUT2D eigenvalue weighted by Crippen LogP contribution is 2.16. The van der Waals surface area contributed by atoms with Crippen molar-refractivity contribution in [2.24, 2.45) is 0 Å². The molecular formula is C73H124O6. The fraction of sp³-hybridized carbons (Fsp3) is 0.712. The molecule has 0 N–H and O–H groups in total. The van der Waals surface area contributed by atoms with Crippen molar-refractivity contribution in [2.45, 2.75) is 322 Å². The highest BCUT2D eigenvalue weighted by atomic mass is 16.6. The zero-order valence-electron chi connectivity index (χ0n) is 51.9. The molecule has 6 heteroatoms. The minimum Gasteiger partial charge on any atom is -0.462 e. The Kier molecular flexibility index (Phi) is 63.3. The van der Waals surface area contributed by atoms with Gasteiger partial charge in [0.15, 0.2) is 6.10 Å². The van der Waals surface area contributed by atoms with E-state index >= 15 is 0 Å². The van der Waals surface area contributed by atoms with Crippen molar-refractivity contribution in [3.63, 3.8) is 0 Å². The van der Waals surface area contributed by atoms with Crippen molar-refractivity contribution >= 4 is 17.9 Å². The van der Waals surface area contributed by atoms with Crippen LogP contribution in [0.4, 0.5) is 0 Å². The summed E-state index contributed by atoms with van der Waals surface area (Å²) >= 11 is 0. The van der Waals surface area contributed by atoms with Gasteiger partial charge in [0.05, 0.1) is 0 Å². The molecule has 0 spiro atoms. The number of carbonyl (C=O) groups excluding carboxylic acids is 3. The number of hydrogen-bond acceptors (Lipinski definition) is 6. The lowest BCUT2D eigenvalue weighted by molar-refractivity contribution is -0.167. The average Bonchev–Trinajstić information content (AvgIpc) is 3.45. The van der Waals surface area contributed by atoms with Gasteiger partial charge in [0.25, 0.3) is 0 Å². The van der Waals surface area contributed by atoms with Crippen molar-refractivity contribution in [2.75, 3.05) is 13.2 Å². The summed E-state index contributed by atoms with van der Waals surface area (Å²) in [6.45, 7) is 6.41. The van der Waals surface area contributed by atoms with E-state index in [1.807, 2.05) is 0 Å². The van der Waals surface area contributed by atoms with Gasteiger partial charge in [-0.1, -0.05) is 284 Å². The van der Waals surface area contributed by atoms with Crippen LogP contribution in [-0.2, 0) is 28.6 Å². The monoisotopic (exact) mass is 1100 g/mol. The van der Waals surface area contributed by atoms with Crippen molar-refractivity contribution in [1.82, 2.24) is 0 Å². The van der Waals surface area contributed by atoms with Gasteiger partial charge in [0, 0.05) is 19.3 Å². The Morgan fingerprint density at radius 1 is 0.266 bits per heavy atom. The Hall–Kier alpha value is -3.93. The van der Waals surface area contributed by atoms with Crippen LogP contribution in [0.15, 0.2) is 109 Å². The Bertz CT molecular complexity index is 1590. The van der Waals surface area contributed by atoms with Gasteiger partial charge in [-0.25, -0.2) is 0 Å². The van der Waals surface area contributed by atoms with Crippen LogP contribution in [0.3, 0.4) is 0 Å². The molecule has 0 aliphatic rings. The van der Waals surface area contributed by atoms with Gasteiger partial charge >= 0.3 is 17.9 Å². The van der Waals surface area contributed by atoms with Crippen LogP contribution >= 0.6 is 0 Å². The maximum absolute atomic E-state index is 12.9. The molecule has 0 aromatic rings. The van der Waals surface area contributed by atoms with Crippen LogP contribution in [0, 0.1) is 0 Å². The number of unbranched alkanes of at least 4 members (excludes halogenated alkanes) is 31. The van der Waals surface area contributed by atoms with Crippen LogP contribution < -0.4 is 0 Å². The van der Waals surface area contributed by atoms with E-state index in [2.05, 4.69) is 130 Å². The van der Waals surface area contributed by atoms with Crippen molar-refractivity contribution < 1.29 is 28.6 Å². The summed E-state index contributed by atoms with van der Waals surface area (Å²) in [5.74, 6) is -0.915. The molecular weight excluding hydrogens is 973 g/mol. The van der Waals surface area contributed by atoms with E-state index in [0.717, 1.165) is 116 Å². The van der Waals surface area contributed by atoms with E-state index in [4.69, 9.17) is 14.2 Å². The average molecular weight is 1100 g/mol. The first-order valence-electron chi connectivity index (χ1n) is 33.4. The molecule has 452 valence electrons. The second-order valence-electron chi connectivity index (χ2n) is 22.0. The molecule has 79 heavy (non-hydrogen) atoms.